The first kappa shape index (κ1) is 19.5. The van der Waals surface area contributed by atoms with Gasteiger partial charge in [-0.25, -0.2) is 22.3 Å². The van der Waals surface area contributed by atoms with Gasteiger partial charge in [0.15, 0.2) is 5.03 Å². The number of pyridine rings is 1. The van der Waals surface area contributed by atoms with Crippen LogP contribution >= 0.6 is 0 Å². The van der Waals surface area contributed by atoms with Crippen molar-refractivity contribution in [3.63, 3.8) is 0 Å². The van der Waals surface area contributed by atoms with Crippen molar-refractivity contribution in [2.24, 2.45) is 0 Å². The largest absolute Gasteiger partial charge is 0.443 e. The van der Waals surface area contributed by atoms with Gasteiger partial charge in [0.05, 0.1) is 4.90 Å². The average molecular weight is 404 g/mol. The summed E-state index contributed by atoms with van der Waals surface area (Å²) in [6, 6.07) is 9.86. The normalized spacial score (nSPS) is 11.2. The molecule has 0 unspecified atom stereocenters. The van der Waals surface area contributed by atoms with Crippen molar-refractivity contribution in [3.8, 4) is 5.69 Å². The Morgan fingerprint density at radius 1 is 1.25 bits per heavy atom. The summed E-state index contributed by atoms with van der Waals surface area (Å²) in [6.45, 7) is 1.45. The quantitative estimate of drug-likeness (QED) is 0.700. The fourth-order valence-corrected chi connectivity index (χ4v) is 3.75. The van der Waals surface area contributed by atoms with Crippen LogP contribution in [0, 0.1) is 12.7 Å². The third kappa shape index (κ3) is 3.86. The highest BCUT2D eigenvalue weighted by atomic mass is 32.2. The maximum absolute atomic E-state index is 14.3. The minimum absolute atomic E-state index is 0.0488. The summed E-state index contributed by atoms with van der Waals surface area (Å²) in [6.07, 6.45) is 0.525. The summed E-state index contributed by atoms with van der Waals surface area (Å²) in [5.74, 6) is -0.650. The second-order valence-electron chi connectivity index (χ2n) is 5.80. The Labute approximate surface area is 160 Å². The van der Waals surface area contributed by atoms with Gasteiger partial charge in [0.2, 0.25) is 9.84 Å². The Kier molecular flexibility index (Phi) is 5.41. The third-order valence-corrected chi connectivity index (χ3v) is 5.54. The summed E-state index contributed by atoms with van der Waals surface area (Å²) < 4.78 is 46.4. The van der Waals surface area contributed by atoms with Crippen LogP contribution in [-0.2, 0) is 21.2 Å². The monoisotopic (exact) mass is 404 g/mol. The average Bonchev–Trinajstić information content (AvgIpc) is 3.11. The van der Waals surface area contributed by atoms with Crippen LogP contribution in [0.5, 0.6) is 0 Å². The molecule has 28 heavy (non-hydrogen) atoms. The van der Waals surface area contributed by atoms with Gasteiger partial charge in [-0.3, -0.25) is 4.98 Å². The number of aromatic nitrogens is 3. The molecule has 10 heteroatoms. The molecule has 2 heterocycles. The van der Waals surface area contributed by atoms with Crippen molar-refractivity contribution in [1.29, 1.82) is 0 Å². The summed E-state index contributed by atoms with van der Waals surface area (Å²) in [4.78, 5) is 15.2. The standard InChI is InChI=1S/C18H17FN4O4S/c1-12-7-8-14(10-21-12)28(25,26)17-9-13(11-27-18(24)20-2)22-23(17)16-6-4-3-5-15(16)19/h3-10H,11H2,1-2H3,(H,20,24). The van der Waals surface area contributed by atoms with Gasteiger partial charge in [-0.2, -0.15) is 5.10 Å². The number of ether oxygens (including phenoxy) is 1. The molecule has 0 aliphatic rings. The lowest BCUT2D eigenvalue weighted by molar-refractivity contribution is 0.140. The Morgan fingerprint density at radius 3 is 2.64 bits per heavy atom. The van der Waals surface area contributed by atoms with E-state index in [1.165, 1.54) is 43.6 Å². The number of aryl methyl sites for hydroxylation is 1. The predicted molar refractivity (Wildman–Crippen MR) is 97.2 cm³/mol. The van der Waals surface area contributed by atoms with Crippen LogP contribution in [0.1, 0.15) is 11.4 Å². The number of nitrogens with zero attached hydrogens (tertiary/aromatic N) is 3. The highest BCUT2D eigenvalue weighted by Crippen LogP contribution is 2.25. The minimum atomic E-state index is -4.06. The van der Waals surface area contributed by atoms with Gasteiger partial charge < -0.3 is 10.1 Å². The van der Waals surface area contributed by atoms with Gasteiger partial charge in [-0.1, -0.05) is 12.1 Å². The second-order valence-corrected chi connectivity index (χ2v) is 7.70. The molecule has 1 amide bonds. The number of nitrogens with one attached hydrogen (secondary N) is 1. The molecule has 0 bridgehead atoms. The van der Waals surface area contributed by atoms with Crippen molar-refractivity contribution in [2.45, 2.75) is 23.5 Å². The fourth-order valence-electron chi connectivity index (χ4n) is 2.41. The molecular weight excluding hydrogens is 387 g/mol. The van der Waals surface area contributed by atoms with Gasteiger partial charge in [-0.05, 0) is 31.2 Å². The van der Waals surface area contributed by atoms with E-state index in [9.17, 15) is 17.6 Å². The van der Waals surface area contributed by atoms with E-state index in [4.69, 9.17) is 4.74 Å². The lowest BCUT2D eigenvalue weighted by Crippen LogP contribution is -2.19. The second kappa shape index (κ2) is 7.77. The summed E-state index contributed by atoms with van der Waals surface area (Å²) >= 11 is 0. The van der Waals surface area contributed by atoms with Crippen molar-refractivity contribution < 1.29 is 22.3 Å². The molecule has 3 rings (SSSR count). The number of para-hydroxylation sites is 1. The molecule has 1 N–H and O–H groups in total. The van der Waals surface area contributed by atoms with E-state index in [0.29, 0.717) is 5.69 Å². The summed E-state index contributed by atoms with van der Waals surface area (Å²) in [5.41, 5.74) is 0.749. The summed E-state index contributed by atoms with van der Waals surface area (Å²) in [7, 11) is -2.67. The highest BCUT2D eigenvalue weighted by molar-refractivity contribution is 7.91. The number of carbonyl (C=O) groups is 1. The maximum Gasteiger partial charge on any atom is 0.407 e. The van der Waals surface area contributed by atoms with Crippen molar-refractivity contribution in [3.05, 3.63) is 65.9 Å². The molecule has 0 fully saturated rings. The zero-order chi connectivity index (χ0) is 20.3. The number of halogens is 1. The first-order chi connectivity index (χ1) is 13.3. The fraction of sp³-hybridized carbons (Fsp3) is 0.167. The number of sulfone groups is 1. The molecule has 3 aromatic rings. The molecule has 0 aliphatic heterocycles. The lowest BCUT2D eigenvalue weighted by Gasteiger charge is -2.09. The van der Waals surface area contributed by atoms with E-state index >= 15 is 0 Å². The molecule has 0 saturated heterocycles. The Morgan fingerprint density at radius 2 is 2.00 bits per heavy atom. The Hall–Kier alpha value is -3.27. The van der Waals surface area contributed by atoms with Crippen LogP contribution < -0.4 is 5.32 Å². The minimum Gasteiger partial charge on any atom is -0.443 e. The molecule has 146 valence electrons. The van der Waals surface area contributed by atoms with Crippen molar-refractivity contribution in [2.75, 3.05) is 7.05 Å². The molecule has 2 aromatic heterocycles. The maximum atomic E-state index is 14.3. The molecule has 0 saturated carbocycles. The number of alkyl carbamates (subject to hydrolysis) is 1. The number of hydrogen-bond donors (Lipinski definition) is 1. The molecule has 1 aromatic carbocycles. The zero-order valence-electron chi connectivity index (χ0n) is 15.1. The Bertz CT molecular complexity index is 1110. The van der Waals surface area contributed by atoms with E-state index in [1.54, 1.807) is 19.1 Å². The van der Waals surface area contributed by atoms with Gasteiger partial charge in [0.25, 0.3) is 0 Å². The van der Waals surface area contributed by atoms with E-state index in [-0.39, 0.29) is 27.9 Å². The van der Waals surface area contributed by atoms with E-state index in [0.717, 1.165) is 4.68 Å². The Balaban J connectivity index is 2.12. The van der Waals surface area contributed by atoms with Crippen LogP contribution in [0.2, 0.25) is 0 Å². The van der Waals surface area contributed by atoms with Crippen LogP contribution in [0.3, 0.4) is 0 Å². The first-order valence-corrected chi connectivity index (χ1v) is 9.67. The zero-order valence-corrected chi connectivity index (χ0v) is 15.9. The van der Waals surface area contributed by atoms with Crippen molar-refractivity contribution >= 4 is 15.9 Å². The van der Waals surface area contributed by atoms with Crippen LogP contribution in [0.25, 0.3) is 5.69 Å². The predicted octanol–water partition coefficient (Wildman–Crippen LogP) is 2.40. The SMILES string of the molecule is CNC(=O)OCc1cc(S(=O)(=O)c2ccc(C)nc2)n(-c2ccccc2F)n1. The van der Waals surface area contributed by atoms with Crippen LogP contribution in [-0.4, -0.2) is 36.3 Å². The molecule has 0 atom stereocenters. The molecule has 0 aliphatic carbocycles. The topological polar surface area (TPSA) is 103 Å². The van der Waals surface area contributed by atoms with E-state index in [1.807, 2.05) is 0 Å². The van der Waals surface area contributed by atoms with Gasteiger partial charge >= 0.3 is 6.09 Å². The summed E-state index contributed by atoms with van der Waals surface area (Å²) in [5, 5.41) is 6.14. The first-order valence-electron chi connectivity index (χ1n) is 8.19. The van der Waals surface area contributed by atoms with Crippen molar-refractivity contribution in [1.82, 2.24) is 20.1 Å². The molecular formula is C18H17FN4O4S. The van der Waals surface area contributed by atoms with E-state index in [2.05, 4.69) is 15.4 Å². The van der Waals surface area contributed by atoms with Crippen LogP contribution in [0.15, 0.2) is 58.6 Å². The number of benzene rings is 1. The van der Waals surface area contributed by atoms with E-state index < -0.39 is 21.7 Å². The molecule has 0 spiro atoms. The van der Waals surface area contributed by atoms with Crippen LogP contribution in [0.4, 0.5) is 9.18 Å². The van der Waals surface area contributed by atoms with Gasteiger partial charge in [0, 0.05) is 25.0 Å². The van der Waals surface area contributed by atoms with Gasteiger partial charge in [0.1, 0.15) is 23.8 Å². The number of rotatable bonds is 5. The number of carbonyl (C=O) groups excluding carboxylic acids is 1. The number of hydrogen-bond acceptors (Lipinski definition) is 6. The smallest absolute Gasteiger partial charge is 0.407 e. The molecule has 8 nitrogen and oxygen atoms in total. The number of amides is 1. The lowest BCUT2D eigenvalue weighted by atomic mass is 10.3. The van der Waals surface area contributed by atoms with Gasteiger partial charge in [-0.15, -0.1) is 0 Å². The molecule has 0 radical (unpaired) electrons. The third-order valence-electron chi connectivity index (χ3n) is 3.83. The highest BCUT2D eigenvalue weighted by Gasteiger charge is 2.26.